The minimum absolute atomic E-state index is 0.201. The maximum absolute atomic E-state index is 13.4. The van der Waals surface area contributed by atoms with Crippen molar-refractivity contribution in [3.63, 3.8) is 0 Å². The van der Waals surface area contributed by atoms with Crippen LogP contribution in [0.5, 0.6) is 0 Å². The quantitative estimate of drug-likeness (QED) is 0.0204. The first-order chi connectivity index (χ1) is 43.1. The lowest BCUT2D eigenvalue weighted by Gasteiger charge is -2.46. The van der Waals surface area contributed by atoms with E-state index in [0.717, 1.165) is 64.2 Å². The van der Waals surface area contributed by atoms with Gasteiger partial charge in [-0.3, -0.25) is 4.79 Å². The Balaban J connectivity index is 1.64. The first-order valence-corrected chi connectivity index (χ1v) is 37.2. The van der Waals surface area contributed by atoms with E-state index in [1.807, 2.05) is 0 Å². The number of carbonyl (C=O) groups is 1. The molecule has 2 fully saturated rings. The topological polar surface area (TPSA) is 228 Å². The molecule has 0 aromatic heterocycles. The molecule has 12 unspecified atom stereocenters. The van der Waals surface area contributed by atoms with E-state index >= 15 is 0 Å². The number of unbranched alkanes of at least 4 members (excludes halogenated alkanes) is 43. The van der Waals surface area contributed by atoms with Gasteiger partial charge < -0.3 is 65.1 Å². The summed E-state index contributed by atoms with van der Waals surface area (Å²) in [4.78, 5) is 13.4. The van der Waals surface area contributed by atoms with Crippen molar-refractivity contribution in [1.82, 2.24) is 5.32 Å². The van der Waals surface area contributed by atoms with E-state index in [1.165, 1.54) is 244 Å². The highest BCUT2D eigenvalue weighted by Crippen LogP contribution is 2.30. The molecule has 0 aromatic rings. The minimum atomic E-state index is -1.78. The van der Waals surface area contributed by atoms with Crippen molar-refractivity contribution in [1.29, 1.82) is 0 Å². The molecule has 518 valence electrons. The predicted octanol–water partition coefficient (Wildman–Crippen LogP) is 15.7. The van der Waals surface area contributed by atoms with Crippen molar-refractivity contribution >= 4 is 5.91 Å². The number of carbonyl (C=O) groups excluding carboxylic acids is 1. The second-order valence-corrected chi connectivity index (χ2v) is 26.4. The van der Waals surface area contributed by atoms with Gasteiger partial charge >= 0.3 is 0 Å². The third kappa shape index (κ3) is 42.4. The number of nitrogens with one attached hydrogen (secondary N) is 1. The lowest BCUT2D eigenvalue weighted by molar-refractivity contribution is -0.359. The van der Waals surface area contributed by atoms with Gasteiger partial charge in [-0.1, -0.05) is 314 Å². The smallest absolute Gasteiger partial charge is 0.220 e. The molecule has 0 bridgehead atoms. The van der Waals surface area contributed by atoms with Gasteiger partial charge in [-0.25, -0.2) is 0 Å². The third-order valence-corrected chi connectivity index (χ3v) is 18.4. The van der Waals surface area contributed by atoms with Crippen LogP contribution >= 0.6 is 0 Å². The van der Waals surface area contributed by atoms with E-state index in [1.54, 1.807) is 0 Å². The molecule has 12 atom stereocenters. The van der Waals surface area contributed by atoms with E-state index in [-0.39, 0.29) is 12.5 Å². The van der Waals surface area contributed by atoms with Crippen LogP contribution in [0.25, 0.3) is 0 Å². The van der Waals surface area contributed by atoms with Gasteiger partial charge in [0, 0.05) is 6.42 Å². The summed E-state index contributed by atoms with van der Waals surface area (Å²) in [6.07, 6.45) is 58.7. The molecule has 0 aromatic carbocycles. The first kappa shape index (κ1) is 82.3. The van der Waals surface area contributed by atoms with E-state index in [4.69, 9.17) is 18.9 Å². The summed E-state index contributed by atoms with van der Waals surface area (Å²) in [5, 5.41) is 87.7. The second kappa shape index (κ2) is 59.0. The van der Waals surface area contributed by atoms with Crippen LogP contribution < -0.4 is 5.32 Å². The fourth-order valence-corrected chi connectivity index (χ4v) is 12.4. The molecule has 2 aliphatic rings. The number of hydrogen-bond donors (Lipinski definition) is 9. The van der Waals surface area contributed by atoms with E-state index in [9.17, 15) is 45.6 Å². The lowest BCUT2D eigenvalue weighted by Crippen LogP contribution is -2.65. The van der Waals surface area contributed by atoms with Crippen molar-refractivity contribution in [2.45, 2.75) is 408 Å². The number of allylic oxidation sites excluding steroid dienone is 6. The molecule has 88 heavy (non-hydrogen) atoms. The second-order valence-electron chi connectivity index (χ2n) is 26.4. The fourth-order valence-electron chi connectivity index (χ4n) is 12.4. The number of amides is 1. The molecule has 0 saturated carbocycles. The summed E-state index contributed by atoms with van der Waals surface area (Å²) >= 11 is 0. The number of rotatable bonds is 62. The first-order valence-electron chi connectivity index (χ1n) is 37.2. The van der Waals surface area contributed by atoms with Crippen LogP contribution in [-0.4, -0.2) is 140 Å². The van der Waals surface area contributed by atoms with Crippen LogP contribution in [0.3, 0.4) is 0 Å². The summed E-state index contributed by atoms with van der Waals surface area (Å²) < 4.78 is 23.0. The Morgan fingerprint density at radius 2 is 0.750 bits per heavy atom. The average Bonchev–Trinajstić information content (AvgIpc) is 3.10. The van der Waals surface area contributed by atoms with E-state index < -0.39 is 86.8 Å². The van der Waals surface area contributed by atoms with Crippen LogP contribution in [0, 0.1) is 0 Å². The Kier molecular flexibility index (Phi) is 55.2. The largest absolute Gasteiger partial charge is 0.394 e. The zero-order valence-electron chi connectivity index (χ0n) is 56.5. The minimum Gasteiger partial charge on any atom is -0.394 e. The molecular weight excluding hydrogens is 1110 g/mol. The van der Waals surface area contributed by atoms with Crippen LogP contribution in [-0.2, 0) is 23.7 Å². The molecule has 9 N–H and O–H groups in total. The number of aliphatic hydroxyl groups is 8. The predicted molar refractivity (Wildman–Crippen MR) is 360 cm³/mol. The van der Waals surface area contributed by atoms with Gasteiger partial charge in [0.25, 0.3) is 0 Å². The fraction of sp³-hybridized carbons (Fsp3) is 0.905. The van der Waals surface area contributed by atoms with E-state index in [0.29, 0.717) is 12.8 Å². The zero-order chi connectivity index (χ0) is 63.8. The summed E-state index contributed by atoms with van der Waals surface area (Å²) in [7, 11) is 0. The molecule has 0 radical (unpaired) electrons. The van der Waals surface area contributed by atoms with Gasteiger partial charge in [0.2, 0.25) is 5.91 Å². The Hall–Kier alpha value is -1.79. The highest BCUT2D eigenvalue weighted by atomic mass is 16.7. The highest BCUT2D eigenvalue weighted by molar-refractivity contribution is 5.76. The van der Waals surface area contributed by atoms with Gasteiger partial charge in [-0.15, -0.1) is 0 Å². The molecule has 14 nitrogen and oxygen atoms in total. The highest BCUT2D eigenvalue weighted by Gasteiger charge is 2.51. The van der Waals surface area contributed by atoms with Crippen molar-refractivity contribution in [2.75, 3.05) is 19.8 Å². The molecule has 2 rings (SSSR count). The van der Waals surface area contributed by atoms with Gasteiger partial charge in [-0.05, 0) is 51.4 Å². The average molecular weight is 1250 g/mol. The third-order valence-electron chi connectivity index (χ3n) is 18.4. The van der Waals surface area contributed by atoms with Crippen LogP contribution in [0.2, 0.25) is 0 Å². The summed E-state index contributed by atoms with van der Waals surface area (Å²) in [6, 6.07) is -0.830. The zero-order valence-corrected chi connectivity index (χ0v) is 56.5. The molecule has 0 spiro atoms. The molecule has 14 heteroatoms. The van der Waals surface area contributed by atoms with Crippen molar-refractivity contribution in [3.05, 3.63) is 36.5 Å². The summed E-state index contributed by atoms with van der Waals surface area (Å²) in [5.74, 6) is -0.201. The SMILES string of the molecule is CCCCCCC/C=C\C/C=C\C/C=C\CCCCCCCCCCCCCCCCCCC(=O)NC(COC1OC(CO)C(OC2OC(CO)C(O)C(O)C2O)C(O)C1O)C(O)CCCCCCCCCCCCCCCCCCCCCCCCC. The van der Waals surface area contributed by atoms with E-state index in [2.05, 4.69) is 55.6 Å². The molecule has 2 heterocycles. The number of hydrogen-bond acceptors (Lipinski definition) is 13. The Labute approximate surface area is 538 Å². The molecule has 0 aliphatic carbocycles. The van der Waals surface area contributed by atoms with Crippen LogP contribution in [0.4, 0.5) is 0 Å². The Morgan fingerprint density at radius 3 is 1.15 bits per heavy atom. The molecule has 2 saturated heterocycles. The van der Waals surface area contributed by atoms with Crippen molar-refractivity contribution in [3.8, 4) is 0 Å². The monoisotopic (exact) mass is 1250 g/mol. The number of ether oxygens (including phenoxy) is 4. The van der Waals surface area contributed by atoms with Crippen LogP contribution in [0.15, 0.2) is 36.5 Å². The standard InChI is InChI=1S/C74H139NO13/c1-3-5-7-9-11-13-15-17-19-21-23-25-27-28-29-30-31-32-33-34-36-38-40-42-44-46-48-50-52-54-56-58-66(79)75-62(61-85-73-71(84)69(82)72(65(60-77)87-73)88-74-70(83)68(81)67(80)64(59-76)86-74)63(78)57-55-53-51-49-47-45-43-41-39-37-35-26-24-22-20-18-16-14-12-10-8-6-4-2/h15,17,21,23,27-28,62-65,67-74,76-78,80-84H,3-14,16,18-20,22,24-26,29-61H2,1-2H3,(H,75,79)/b17-15-,23-21-,28-27-. The van der Waals surface area contributed by atoms with Gasteiger partial charge in [0.1, 0.15) is 48.8 Å². The molecular formula is C74H139NO13. The number of aliphatic hydroxyl groups excluding tert-OH is 8. The maximum atomic E-state index is 13.4. The summed E-state index contributed by atoms with van der Waals surface area (Å²) in [5.41, 5.74) is 0. The van der Waals surface area contributed by atoms with Gasteiger partial charge in [0.05, 0.1) is 32.0 Å². The maximum Gasteiger partial charge on any atom is 0.220 e. The lowest BCUT2D eigenvalue weighted by atomic mass is 9.97. The van der Waals surface area contributed by atoms with Crippen molar-refractivity contribution in [2.24, 2.45) is 0 Å². The molecule has 1 amide bonds. The molecule has 2 aliphatic heterocycles. The van der Waals surface area contributed by atoms with Crippen molar-refractivity contribution < 1.29 is 64.6 Å². The normalized spacial score (nSPS) is 23.3. The summed E-state index contributed by atoms with van der Waals surface area (Å²) in [6.45, 7) is 2.90. The van der Waals surface area contributed by atoms with Gasteiger partial charge in [0.15, 0.2) is 12.6 Å². The van der Waals surface area contributed by atoms with Crippen LogP contribution in [0.1, 0.15) is 335 Å². The Morgan fingerprint density at radius 1 is 0.409 bits per heavy atom. The Bertz CT molecular complexity index is 1620. The van der Waals surface area contributed by atoms with Gasteiger partial charge in [-0.2, -0.15) is 0 Å².